The monoisotopic (exact) mass is 849 g/mol. The average Bonchev–Trinajstić information content (AvgIpc) is 3.26. The Morgan fingerprint density at radius 3 is 1.23 bits per heavy atom. The van der Waals surface area contributed by atoms with E-state index in [-0.39, 0.29) is 37.5 Å². The molecule has 0 saturated heterocycles. The summed E-state index contributed by atoms with van der Waals surface area (Å²) in [4.78, 5) is 37.9. The Kier molecular flexibility index (Phi) is 46.5. The zero-order chi connectivity index (χ0) is 44.4. The molecule has 0 aromatic heterocycles. The third kappa shape index (κ3) is 47.5. The van der Waals surface area contributed by atoms with E-state index in [1.807, 2.05) is 0 Å². The number of unbranched alkanes of at least 4 members (excludes halogenated alkanes) is 21. The fourth-order valence-corrected chi connectivity index (χ4v) is 6.67. The van der Waals surface area contributed by atoms with E-state index < -0.39 is 6.10 Å². The van der Waals surface area contributed by atoms with Crippen LogP contribution in [0.2, 0.25) is 0 Å². The summed E-state index contributed by atoms with van der Waals surface area (Å²) >= 11 is 0. The summed E-state index contributed by atoms with van der Waals surface area (Å²) in [5.41, 5.74) is 0. The van der Waals surface area contributed by atoms with Crippen molar-refractivity contribution >= 4 is 17.9 Å². The van der Waals surface area contributed by atoms with Gasteiger partial charge >= 0.3 is 17.9 Å². The molecule has 6 heteroatoms. The second-order valence-electron chi connectivity index (χ2n) is 16.4. The second-order valence-corrected chi connectivity index (χ2v) is 16.4. The Morgan fingerprint density at radius 1 is 0.361 bits per heavy atom. The highest BCUT2D eigenvalue weighted by atomic mass is 16.6. The van der Waals surface area contributed by atoms with Crippen molar-refractivity contribution in [3.63, 3.8) is 0 Å². The SMILES string of the molecule is CC\C=C/C=C\C=C/CCCCCCCCCC(=O)OC(COC(=O)CCC/C=C\C/C=C\C/C=C\C/C=C\CCCCC)COC(=O)CCCCCCCCCCCCC. The lowest BCUT2D eigenvalue weighted by atomic mass is 10.1. The molecule has 0 bridgehead atoms. The van der Waals surface area contributed by atoms with Gasteiger partial charge in [0.1, 0.15) is 13.2 Å². The van der Waals surface area contributed by atoms with Gasteiger partial charge in [0.25, 0.3) is 0 Å². The van der Waals surface area contributed by atoms with Crippen LogP contribution >= 0.6 is 0 Å². The zero-order valence-corrected chi connectivity index (χ0v) is 39.7. The van der Waals surface area contributed by atoms with Crippen molar-refractivity contribution in [3.8, 4) is 0 Å². The summed E-state index contributed by atoms with van der Waals surface area (Å²) in [7, 11) is 0. The summed E-state index contributed by atoms with van der Waals surface area (Å²) < 4.78 is 16.7. The van der Waals surface area contributed by atoms with Crippen LogP contribution in [0.5, 0.6) is 0 Å². The Bertz CT molecular complexity index is 1200. The lowest BCUT2D eigenvalue weighted by Crippen LogP contribution is -2.30. The molecule has 0 spiro atoms. The highest BCUT2D eigenvalue weighted by molar-refractivity contribution is 5.71. The van der Waals surface area contributed by atoms with E-state index in [2.05, 4.69) is 106 Å². The van der Waals surface area contributed by atoms with Gasteiger partial charge in [0.2, 0.25) is 0 Å². The number of ether oxygens (including phenoxy) is 3. The predicted molar refractivity (Wildman–Crippen MR) is 261 cm³/mol. The van der Waals surface area contributed by atoms with Gasteiger partial charge in [-0.25, -0.2) is 0 Å². The van der Waals surface area contributed by atoms with Crippen molar-refractivity contribution in [1.82, 2.24) is 0 Å². The van der Waals surface area contributed by atoms with Crippen molar-refractivity contribution in [1.29, 1.82) is 0 Å². The summed E-state index contributed by atoms with van der Waals surface area (Å²) in [6, 6.07) is 0. The van der Waals surface area contributed by atoms with E-state index >= 15 is 0 Å². The number of carbonyl (C=O) groups is 3. The Morgan fingerprint density at radius 2 is 0.721 bits per heavy atom. The maximum absolute atomic E-state index is 12.8. The first-order valence-corrected chi connectivity index (χ1v) is 25.1. The van der Waals surface area contributed by atoms with Crippen LogP contribution in [0.4, 0.5) is 0 Å². The van der Waals surface area contributed by atoms with Crippen LogP contribution in [0.25, 0.3) is 0 Å². The molecule has 0 radical (unpaired) electrons. The van der Waals surface area contributed by atoms with Gasteiger partial charge in [0.05, 0.1) is 0 Å². The highest BCUT2D eigenvalue weighted by Crippen LogP contribution is 2.14. The molecule has 0 heterocycles. The van der Waals surface area contributed by atoms with E-state index in [0.29, 0.717) is 19.3 Å². The van der Waals surface area contributed by atoms with E-state index in [0.717, 1.165) is 83.5 Å². The number of rotatable bonds is 44. The van der Waals surface area contributed by atoms with Crippen molar-refractivity contribution in [2.75, 3.05) is 13.2 Å². The number of allylic oxidation sites excluding steroid dienone is 14. The summed E-state index contributed by atoms with van der Waals surface area (Å²) in [5, 5.41) is 0. The van der Waals surface area contributed by atoms with Crippen LogP contribution in [-0.4, -0.2) is 37.2 Å². The molecule has 6 nitrogen and oxygen atoms in total. The number of hydrogen-bond acceptors (Lipinski definition) is 6. The first-order chi connectivity index (χ1) is 30.0. The minimum Gasteiger partial charge on any atom is -0.462 e. The highest BCUT2D eigenvalue weighted by Gasteiger charge is 2.19. The normalized spacial score (nSPS) is 12.8. The fraction of sp³-hybridized carbons (Fsp3) is 0.691. The first kappa shape index (κ1) is 57.6. The summed E-state index contributed by atoms with van der Waals surface area (Å²) in [5.74, 6) is -0.971. The van der Waals surface area contributed by atoms with Gasteiger partial charge in [-0.05, 0) is 77.0 Å². The van der Waals surface area contributed by atoms with Crippen LogP contribution in [0, 0.1) is 0 Å². The molecule has 0 fully saturated rings. The van der Waals surface area contributed by atoms with E-state index in [1.165, 1.54) is 96.3 Å². The van der Waals surface area contributed by atoms with Gasteiger partial charge in [-0.15, -0.1) is 0 Å². The topological polar surface area (TPSA) is 78.9 Å². The van der Waals surface area contributed by atoms with Gasteiger partial charge in [-0.1, -0.05) is 215 Å². The van der Waals surface area contributed by atoms with Gasteiger partial charge in [0, 0.05) is 19.3 Å². The van der Waals surface area contributed by atoms with Crippen molar-refractivity contribution < 1.29 is 28.6 Å². The summed E-state index contributed by atoms with van der Waals surface area (Å²) in [6.07, 6.45) is 62.8. The van der Waals surface area contributed by atoms with Crippen LogP contribution in [0.1, 0.15) is 226 Å². The van der Waals surface area contributed by atoms with Crippen molar-refractivity contribution in [3.05, 3.63) is 85.1 Å². The standard InChI is InChI=1S/C55H92O6/c1-4-7-10-13-16-19-22-24-26-27-29-30-33-36-39-42-45-48-54(57)60-51-52(50-59-53(56)47-44-41-38-35-32-21-18-15-12-9-6-3)61-55(58)49-46-43-40-37-34-31-28-25-23-20-17-14-11-8-5-2/h8,11,14,16-17,19-20,23-24,26,29-30,36,39,52H,4-7,9-10,12-13,15,18,21-22,25,27-28,31-35,37-38,40-51H2,1-3H3/b11-8-,17-14-,19-16-,23-20-,26-24-,30-29-,39-36-. The van der Waals surface area contributed by atoms with Crippen molar-refractivity contribution in [2.24, 2.45) is 0 Å². The molecular formula is C55H92O6. The van der Waals surface area contributed by atoms with E-state index in [4.69, 9.17) is 14.2 Å². The molecule has 0 aliphatic carbocycles. The van der Waals surface area contributed by atoms with E-state index in [9.17, 15) is 14.4 Å². The molecule has 61 heavy (non-hydrogen) atoms. The Labute approximate surface area is 375 Å². The molecule has 0 saturated carbocycles. The maximum Gasteiger partial charge on any atom is 0.306 e. The van der Waals surface area contributed by atoms with E-state index in [1.54, 1.807) is 0 Å². The van der Waals surface area contributed by atoms with Gasteiger partial charge in [0.15, 0.2) is 6.10 Å². The molecule has 348 valence electrons. The van der Waals surface area contributed by atoms with Gasteiger partial charge in [-0.3, -0.25) is 14.4 Å². The Balaban J connectivity index is 4.48. The number of carbonyl (C=O) groups excluding carboxylic acids is 3. The van der Waals surface area contributed by atoms with Crippen molar-refractivity contribution in [2.45, 2.75) is 232 Å². The molecule has 0 aliphatic heterocycles. The largest absolute Gasteiger partial charge is 0.462 e. The molecule has 0 aromatic carbocycles. The lowest BCUT2D eigenvalue weighted by molar-refractivity contribution is -0.167. The molecular weight excluding hydrogens is 757 g/mol. The first-order valence-electron chi connectivity index (χ1n) is 25.1. The van der Waals surface area contributed by atoms with Crippen LogP contribution in [0.3, 0.4) is 0 Å². The number of esters is 3. The lowest BCUT2D eigenvalue weighted by Gasteiger charge is -2.18. The van der Waals surface area contributed by atoms with Crippen LogP contribution in [0.15, 0.2) is 85.1 Å². The predicted octanol–water partition coefficient (Wildman–Crippen LogP) is 16.4. The van der Waals surface area contributed by atoms with Gasteiger partial charge in [-0.2, -0.15) is 0 Å². The minimum absolute atomic E-state index is 0.0977. The summed E-state index contributed by atoms with van der Waals surface area (Å²) in [6.45, 7) is 6.41. The molecule has 1 atom stereocenters. The van der Waals surface area contributed by atoms with Crippen LogP contribution in [-0.2, 0) is 28.6 Å². The third-order valence-electron chi connectivity index (χ3n) is 10.4. The maximum atomic E-state index is 12.8. The van der Waals surface area contributed by atoms with Crippen LogP contribution < -0.4 is 0 Å². The Hall–Kier alpha value is -3.41. The zero-order valence-electron chi connectivity index (χ0n) is 39.7. The fourth-order valence-electron chi connectivity index (χ4n) is 6.67. The molecule has 1 unspecified atom stereocenters. The molecule has 0 rings (SSSR count). The quantitative estimate of drug-likeness (QED) is 0.0200. The minimum atomic E-state index is -0.802. The number of hydrogen-bond donors (Lipinski definition) is 0. The third-order valence-corrected chi connectivity index (χ3v) is 10.4. The molecule has 0 amide bonds. The molecule has 0 N–H and O–H groups in total. The smallest absolute Gasteiger partial charge is 0.306 e. The molecule has 0 aliphatic rings. The van der Waals surface area contributed by atoms with Gasteiger partial charge < -0.3 is 14.2 Å². The second kappa shape index (κ2) is 49.2. The molecule has 0 aromatic rings. The average molecular weight is 849 g/mol.